The van der Waals surface area contributed by atoms with E-state index in [1.165, 1.54) is 32.1 Å². The Balaban J connectivity index is 1.26. The SMILES string of the molecule is O=C(CC12CC3CC(CC(Br)(C3)C1)C2)Nc1ccc(-n2cnnn2)cc1. The summed E-state index contributed by atoms with van der Waals surface area (Å²) in [7, 11) is 0. The smallest absolute Gasteiger partial charge is 0.224 e. The molecule has 1 N–H and O–H groups in total. The van der Waals surface area contributed by atoms with E-state index in [0.29, 0.717) is 10.7 Å². The minimum Gasteiger partial charge on any atom is -0.326 e. The molecule has 1 aromatic carbocycles. The van der Waals surface area contributed by atoms with Crippen LogP contribution in [0, 0.1) is 17.3 Å². The summed E-state index contributed by atoms with van der Waals surface area (Å²) in [6, 6.07) is 7.62. The van der Waals surface area contributed by atoms with Gasteiger partial charge in [-0.3, -0.25) is 4.79 Å². The molecule has 1 heterocycles. The maximum atomic E-state index is 12.8. The van der Waals surface area contributed by atoms with Crippen molar-refractivity contribution in [3.8, 4) is 5.69 Å². The van der Waals surface area contributed by atoms with Gasteiger partial charge in [0.1, 0.15) is 6.33 Å². The van der Waals surface area contributed by atoms with Crippen LogP contribution in [0.4, 0.5) is 5.69 Å². The first kappa shape index (κ1) is 16.4. The maximum Gasteiger partial charge on any atom is 0.224 e. The highest BCUT2D eigenvalue weighted by Gasteiger charge is 2.57. The molecule has 6 nitrogen and oxygen atoms in total. The summed E-state index contributed by atoms with van der Waals surface area (Å²) < 4.78 is 1.89. The van der Waals surface area contributed by atoms with Crippen molar-refractivity contribution in [3.63, 3.8) is 0 Å². The van der Waals surface area contributed by atoms with Crippen molar-refractivity contribution in [2.45, 2.75) is 49.3 Å². The van der Waals surface area contributed by atoms with E-state index in [9.17, 15) is 4.79 Å². The number of nitrogens with one attached hydrogen (secondary N) is 1. The zero-order valence-corrected chi connectivity index (χ0v) is 16.2. The third-order valence-corrected chi connectivity index (χ3v) is 7.34. The van der Waals surface area contributed by atoms with Gasteiger partial charge in [-0.05, 0) is 90.5 Å². The lowest BCUT2D eigenvalue weighted by Gasteiger charge is -2.60. The molecule has 1 amide bonds. The molecular weight excluding hydrogens is 394 g/mol. The van der Waals surface area contributed by atoms with Crippen molar-refractivity contribution < 1.29 is 4.79 Å². The Morgan fingerprint density at radius 1 is 1.19 bits per heavy atom. The fourth-order valence-electron chi connectivity index (χ4n) is 6.07. The van der Waals surface area contributed by atoms with Crippen molar-refractivity contribution in [1.29, 1.82) is 0 Å². The number of aromatic nitrogens is 4. The number of anilines is 1. The van der Waals surface area contributed by atoms with E-state index in [-0.39, 0.29) is 11.3 Å². The van der Waals surface area contributed by atoms with Crippen LogP contribution >= 0.6 is 15.9 Å². The number of nitrogens with zero attached hydrogens (tertiary/aromatic N) is 4. The van der Waals surface area contributed by atoms with Crippen LogP contribution in [-0.2, 0) is 4.79 Å². The van der Waals surface area contributed by atoms with Gasteiger partial charge in [0, 0.05) is 16.4 Å². The number of hydrogen-bond donors (Lipinski definition) is 1. The van der Waals surface area contributed by atoms with Gasteiger partial charge in [0.15, 0.2) is 0 Å². The molecule has 0 radical (unpaired) electrons. The number of benzene rings is 1. The van der Waals surface area contributed by atoms with Crippen LogP contribution in [0.2, 0.25) is 0 Å². The maximum absolute atomic E-state index is 12.8. The van der Waals surface area contributed by atoms with E-state index in [0.717, 1.165) is 29.6 Å². The Labute approximate surface area is 160 Å². The van der Waals surface area contributed by atoms with Crippen molar-refractivity contribution in [1.82, 2.24) is 20.2 Å². The van der Waals surface area contributed by atoms with Gasteiger partial charge in [0.05, 0.1) is 5.69 Å². The number of tetrazole rings is 1. The molecule has 0 saturated heterocycles. The Bertz CT molecular complexity index is 805. The molecular formula is C19H22BrN5O. The molecule has 4 aliphatic carbocycles. The topological polar surface area (TPSA) is 72.7 Å². The van der Waals surface area contributed by atoms with Crippen LogP contribution in [0.3, 0.4) is 0 Å². The molecule has 136 valence electrons. The summed E-state index contributed by atoms with van der Waals surface area (Å²) in [5, 5.41) is 14.2. The Morgan fingerprint density at radius 2 is 1.92 bits per heavy atom. The zero-order chi connectivity index (χ0) is 17.8. The minimum absolute atomic E-state index is 0.137. The molecule has 2 atom stereocenters. The van der Waals surface area contributed by atoms with Gasteiger partial charge < -0.3 is 5.32 Å². The Kier molecular flexibility index (Phi) is 3.71. The minimum atomic E-state index is 0.137. The Morgan fingerprint density at radius 3 is 2.54 bits per heavy atom. The molecule has 7 heteroatoms. The second kappa shape index (κ2) is 5.87. The summed E-state index contributed by atoms with van der Waals surface area (Å²) in [4.78, 5) is 12.8. The first-order valence-corrected chi connectivity index (χ1v) is 10.1. The van der Waals surface area contributed by atoms with Crippen LogP contribution in [0.25, 0.3) is 5.69 Å². The van der Waals surface area contributed by atoms with Crippen molar-refractivity contribution in [3.05, 3.63) is 30.6 Å². The normalized spacial score (nSPS) is 34.8. The van der Waals surface area contributed by atoms with Gasteiger partial charge >= 0.3 is 0 Å². The second-order valence-electron chi connectivity index (χ2n) is 8.64. The quantitative estimate of drug-likeness (QED) is 0.772. The van der Waals surface area contributed by atoms with E-state index in [2.05, 4.69) is 36.8 Å². The molecule has 26 heavy (non-hydrogen) atoms. The summed E-state index contributed by atoms with van der Waals surface area (Å²) in [6.45, 7) is 0. The van der Waals surface area contributed by atoms with E-state index in [1.54, 1.807) is 11.0 Å². The molecule has 0 spiro atoms. The first-order chi connectivity index (χ1) is 12.5. The number of hydrogen-bond acceptors (Lipinski definition) is 4. The standard InChI is InChI=1S/C19H22BrN5O/c20-19-8-13-5-14(9-19)7-18(6-13,11-19)10-17(26)22-15-1-3-16(4-2-15)25-12-21-23-24-25/h1-4,12-14H,5-11H2,(H,22,26). The van der Waals surface area contributed by atoms with Gasteiger partial charge in [-0.2, -0.15) is 0 Å². The molecule has 4 bridgehead atoms. The fourth-order valence-corrected chi connectivity index (χ4v) is 7.58. The van der Waals surface area contributed by atoms with Crippen LogP contribution in [0.15, 0.2) is 30.6 Å². The third-order valence-electron chi connectivity index (χ3n) is 6.41. The number of carbonyl (C=O) groups excluding carboxylic acids is 1. The number of rotatable bonds is 4. The van der Waals surface area contributed by atoms with Crippen molar-refractivity contribution in [2.24, 2.45) is 17.3 Å². The van der Waals surface area contributed by atoms with Gasteiger partial charge in [-0.25, -0.2) is 4.68 Å². The zero-order valence-electron chi connectivity index (χ0n) is 14.6. The predicted molar refractivity (Wildman–Crippen MR) is 101 cm³/mol. The fraction of sp³-hybridized carbons (Fsp3) is 0.579. The van der Waals surface area contributed by atoms with Gasteiger partial charge in [0.2, 0.25) is 5.91 Å². The average Bonchev–Trinajstić information content (AvgIpc) is 3.07. The molecule has 2 aromatic rings. The molecule has 0 aliphatic heterocycles. The van der Waals surface area contributed by atoms with E-state index < -0.39 is 0 Å². The lowest BCUT2D eigenvalue weighted by Crippen LogP contribution is -2.53. The molecule has 4 saturated carbocycles. The van der Waals surface area contributed by atoms with Crippen LogP contribution in [0.5, 0.6) is 0 Å². The monoisotopic (exact) mass is 415 g/mol. The summed E-state index contributed by atoms with van der Waals surface area (Å²) in [5.41, 5.74) is 1.89. The largest absolute Gasteiger partial charge is 0.326 e. The number of amides is 1. The van der Waals surface area contributed by atoms with E-state index in [1.807, 2.05) is 24.3 Å². The second-order valence-corrected chi connectivity index (χ2v) is 10.3. The number of halogens is 1. The third kappa shape index (κ3) is 2.96. The lowest BCUT2D eigenvalue weighted by atomic mass is 9.48. The molecule has 4 aliphatic rings. The number of alkyl halides is 1. The van der Waals surface area contributed by atoms with Crippen LogP contribution < -0.4 is 5.32 Å². The van der Waals surface area contributed by atoms with E-state index in [4.69, 9.17) is 0 Å². The highest BCUT2D eigenvalue weighted by atomic mass is 79.9. The van der Waals surface area contributed by atoms with Gasteiger partial charge in [-0.1, -0.05) is 15.9 Å². The lowest BCUT2D eigenvalue weighted by molar-refractivity contribution is -0.123. The van der Waals surface area contributed by atoms with Gasteiger partial charge in [-0.15, -0.1) is 5.10 Å². The summed E-state index contributed by atoms with van der Waals surface area (Å²) in [6.07, 6.45) is 9.76. The average molecular weight is 416 g/mol. The van der Waals surface area contributed by atoms with Crippen molar-refractivity contribution in [2.75, 3.05) is 5.32 Å². The highest BCUT2D eigenvalue weighted by molar-refractivity contribution is 9.10. The number of carbonyl (C=O) groups is 1. The first-order valence-electron chi connectivity index (χ1n) is 9.33. The van der Waals surface area contributed by atoms with E-state index >= 15 is 0 Å². The summed E-state index contributed by atoms with van der Waals surface area (Å²) >= 11 is 4.03. The molecule has 4 fully saturated rings. The summed E-state index contributed by atoms with van der Waals surface area (Å²) in [5.74, 6) is 1.75. The highest BCUT2D eigenvalue weighted by Crippen LogP contribution is 2.65. The van der Waals surface area contributed by atoms with Crippen LogP contribution in [-0.4, -0.2) is 30.4 Å². The molecule has 1 aromatic heterocycles. The van der Waals surface area contributed by atoms with Crippen LogP contribution in [0.1, 0.15) is 44.9 Å². The predicted octanol–water partition coefficient (Wildman–Crippen LogP) is 3.72. The molecule has 6 rings (SSSR count). The van der Waals surface area contributed by atoms with Gasteiger partial charge in [0.25, 0.3) is 0 Å². The molecule has 2 unspecified atom stereocenters. The van der Waals surface area contributed by atoms with Crippen molar-refractivity contribution >= 4 is 27.5 Å². The Hall–Kier alpha value is -1.76.